The molecule has 1 unspecified atom stereocenters. The van der Waals surface area contributed by atoms with Crippen molar-refractivity contribution in [3.8, 4) is 11.5 Å². The van der Waals surface area contributed by atoms with E-state index in [1.807, 2.05) is 55.5 Å². The van der Waals surface area contributed by atoms with E-state index in [0.29, 0.717) is 17.5 Å². The van der Waals surface area contributed by atoms with Gasteiger partial charge in [0, 0.05) is 23.6 Å². The van der Waals surface area contributed by atoms with E-state index in [-0.39, 0.29) is 11.7 Å². The van der Waals surface area contributed by atoms with E-state index in [0.717, 1.165) is 23.1 Å². The van der Waals surface area contributed by atoms with Gasteiger partial charge in [0.05, 0.1) is 13.2 Å². The zero-order valence-corrected chi connectivity index (χ0v) is 17.9. The molecule has 1 atom stereocenters. The predicted molar refractivity (Wildman–Crippen MR) is 115 cm³/mol. The molecule has 0 spiro atoms. The molecular weight excluding hydrogens is 441 g/mol. The van der Waals surface area contributed by atoms with Gasteiger partial charge in [-0.05, 0) is 30.2 Å². The van der Waals surface area contributed by atoms with Crippen molar-refractivity contribution < 1.29 is 37.7 Å². The Labute approximate surface area is 187 Å². The maximum atomic E-state index is 12.3. The van der Waals surface area contributed by atoms with Gasteiger partial charge in [-0.1, -0.05) is 37.3 Å². The maximum absolute atomic E-state index is 12.3. The molecule has 3 aromatic rings. The molecule has 33 heavy (non-hydrogen) atoms. The molecule has 7 nitrogen and oxygen atoms in total. The van der Waals surface area contributed by atoms with E-state index >= 15 is 0 Å². The molecule has 0 bridgehead atoms. The lowest BCUT2D eigenvalue weighted by molar-refractivity contribution is -0.192. The highest BCUT2D eigenvalue weighted by atomic mass is 19.4. The summed E-state index contributed by atoms with van der Waals surface area (Å²) < 4.78 is 36.9. The van der Waals surface area contributed by atoms with Crippen molar-refractivity contribution in [1.82, 2.24) is 10.3 Å². The second-order valence-electron chi connectivity index (χ2n) is 6.91. The molecule has 0 aliphatic rings. The number of aromatic hydroxyl groups is 1. The Morgan fingerprint density at radius 2 is 1.76 bits per heavy atom. The van der Waals surface area contributed by atoms with Gasteiger partial charge in [0.25, 0.3) is 0 Å². The average molecular weight is 464 g/mol. The van der Waals surface area contributed by atoms with Gasteiger partial charge in [-0.15, -0.1) is 0 Å². The van der Waals surface area contributed by atoms with Crippen LogP contribution < -0.4 is 10.1 Å². The van der Waals surface area contributed by atoms with Crippen LogP contribution in [0.3, 0.4) is 0 Å². The zero-order chi connectivity index (χ0) is 24.6. The number of alkyl halides is 3. The summed E-state index contributed by atoms with van der Waals surface area (Å²) >= 11 is 0. The Hall–Kier alpha value is -3.82. The number of carbonyl (C=O) groups excluding carboxylic acids is 1. The van der Waals surface area contributed by atoms with Crippen molar-refractivity contribution >= 4 is 22.8 Å². The number of hydrogen-bond acceptors (Lipinski definition) is 5. The first-order valence-corrected chi connectivity index (χ1v) is 9.88. The summed E-state index contributed by atoms with van der Waals surface area (Å²) in [6.07, 6.45) is -2.25. The van der Waals surface area contributed by atoms with Gasteiger partial charge in [-0.2, -0.15) is 13.2 Å². The van der Waals surface area contributed by atoms with Gasteiger partial charge in [0.2, 0.25) is 5.91 Å². The van der Waals surface area contributed by atoms with Gasteiger partial charge in [-0.25, -0.2) is 4.79 Å². The third kappa shape index (κ3) is 6.83. The first-order valence-electron chi connectivity index (χ1n) is 9.88. The van der Waals surface area contributed by atoms with Crippen LogP contribution in [0.1, 0.15) is 36.9 Å². The second kappa shape index (κ2) is 11.2. The summed E-state index contributed by atoms with van der Waals surface area (Å²) in [7, 11) is 1.61. The third-order valence-corrected chi connectivity index (χ3v) is 4.56. The highest BCUT2D eigenvalue weighted by molar-refractivity contribution is 5.86. The summed E-state index contributed by atoms with van der Waals surface area (Å²) in [5, 5.41) is 21.8. The lowest BCUT2D eigenvalue weighted by Crippen LogP contribution is -2.29. The van der Waals surface area contributed by atoms with Crippen LogP contribution in [0.15, 0.2) is 54.7 Å². The van der Waals surface area contributed by atoms with E-state index in [2.05, 4.69) is 10.3 Å². The standard InChI is InChI=1S/C21H22N2O3.C2HF3O2/c1-3-5-18(24)23-19(15-7-10-16(26-2)11-8-15)17-12-9-14-6-4-13-22-20(14)21(17)25;3-2(4,5)1(6)7/h4,6-13,19,25H,3,5H2,1-2H3,(H,23,24);(H,6,7). The second-order valence-corrected chi connectivity index (χ2v) is 6.91. The molecule has 1 amide bonds. The highest BCUT2D eigenvalue weighted by Gasteiger charge is 2.38. The predicted octanol–water partition coefficient (Wildman–Crippen LogP) is 4.59. The minimum Gasteiger partial charge on any atom is -0.505 e. The van der Waals surface area contributed by atoms with Gasteiger partial charge in [0.1, 0.15) is 17.0 Å². The largest absolute Gasteiger partial charge is 0.505 e. The first-order chi connectivity index (χ1) is 15.6. The van der Waals surface area contributed by atoms with Crippen LogP contribution in [-0.4, -0.2) is 40.4 Å². The number of carbonyl (C=O) groups is 2. The molecular formula is C23H23F3N2O5. The number of nitrogens with one attached hydrogen (secondary N) is 1. The number of carboxylic acid groups (broad SMARTS) is 1. The number of methoxy groups -OCH3 is 1. The molecule has 10 heteroatoms. The molecule has 2 aromatic carbocycles. The molecule has 0 aliphatic heterocycles. The summed E-state index contributed by atoms with van der Waals surface area (Å²) in [5.41, 5.74) is 2.00. The Morgan fingerprint density at radius 1 is 1.12 bits per heavy atom. The van der Waals surface area contributed by atoms with Crippen molar-refractivity contribution in [3.05, 3.63) is 65.9 Å². The molecule has 0 radical (unpaired) electrons. The van der Waals surface area contributed by atoms with E-state index < -0.39 is 18.2 Å². The van der Waals surface area contributed by atoms with Crippen molar-refractivity contribution in [1.29, 1.82) is 0 Å². The lowest BCUT2D eigenvalue weighted by atomic mass is 9.96. The van der Waals surface area contributed by atoms with Crippen LogP contribution in [0.25, 0.3) is 10.9 Å². The summed E-state index contributed by atoms with van der Waals surface area (Å²) in [4.78, 5) is 25.4. The minimum atomic E-state index is -5.08. The van der Waals surface area contributed by atoms with Crippen molar-refractivity contribution in [2.24, 2.45) is 0 Å². The molecule has 0 saturated heterocycles. The van der Waals surface area contributed by atoms with E-state index in [4.69, 9.17) is 14.6 Å². The van der Waals surface area contributed by atoms with Crippen LogP contribution in [-0.2, 0) is 9.59 Å². The Balaban J connectivity index is 0.000000479. The van der Waals surface area contributed by atoms with Gasteiger partial charge in [0.15, 0.2) is 0 Å². The number of pyridine rings is 1. The number of fused-ring (bicyclic) bond motifs is 1. The lowest BCUT2D eigenvalue weighted by Gasteiger charge is -2.21. The highest BCUT2D eigenvalue weighted by Crippen LogP contribution is 2.35. The number of hydrogen-bond donors (Lipinski definition) is 3. The molecule has 0 aliphatic carbocycles. The van der Waals surface area contributed by atoms with E-state index in [9.17, 15) is 23.1 Å². The number of phenolic OH excluding ortho intramolecular Hbond substituents is 1. The summed E-state index contributed by atoms with van der Waals surface area (Å²) in [6.45, 7) is 1.96. The average Bonchev–Trinajstić information content (AvgIpc) is 2.78. The molecule has 1 heterocycles. The summed E-state index contributed by atoms with van der Waals surface area (Å²) in [6, 6.07) is 14.4. The van der Waals surface area contributed by atoms with Crippen LogP contribution in [0.2, 0.25) is 0 Å². The number of phenols is 1. The van der Waals surface area contributed by atoms with E-state index in [1.165, 1.54) is 0 Å². The number of carboxylic acids is 1. The number of nitrogens with zero attached hydrogens (tertiary/aromatic N) is 1. The monoisotopic (exact) mass is 464 g/mol. The molecule has 3 rings (SSSR count). The fourth-order valence-electron chi connectivity index (χ4n) is 2.98. The SMILES string of the molecule is CCCC(=O)NC(c1ccc(OC)cc1)c1ccc2cccnc2c1O.O=C(O)C(F)(F)F. The fourth-order valence-corrected chi connectivity index (χ4v) is 2.98. The number of amides is 1. The summed E-state index contributed by atoms with van der Waals surface area (Å²) in [5.74, 6) is -2.00. The third-order valence-electron chi connectivity index (χ3n) is 4.56. The van der Waals surface area contributed by atoms with Gasteiger partial charge < -0.3 is 20.3 Å². The number of aliphatic carboxylic acids is 1. The Morgan fingerprint density at radius 3 is 2.30 bits per heavy atom. The molecule has 0 fully saturated rings. The normalized spacial score (nSPS) is 11.8. The molecule has 1 aromatic heterocycles. The van der Waals surface area contributed by atoms with Crippen LogP contribution >= 0.6 is 0 Å². The Bertz CT molecular complexity index is 1100. The number of benzene rings is 2. The van der Waals surface area contributed by atoms with Gasteiger partial charge in [-0.3, -0.25) is 9.78 Å². The molecule has 3 N–H and O–H groups in total. The maximum Gasteiger partial charge on any atom is 0.490 e. The van der Waals surface area contributed by atoms with Crippen LogP contribution in [0.4, 0.5) is 13.2 Å². The van der Waals surface area contributed by atoms with E-state index in [1.54, 1.807) is 13.3 Å². The van der Waals surface area contributed by atoms with Crippen molar-refractivity contribution in [2.75, 3.05) is 7.11 Å². The van der Waals surface area contributed by atoms with Crippen molar-refractivity contribution in [3.63, 3.8) is 0 Å². The molecule has 0 saturated carbocycles. The first kappa shape index (κ1) is 25.4. The number of halogens is 3. The Kier molecular flexibility index (Phi) is 8.61. The van der Waals surface area contributed by atoms with Crippen LogP contribution in [0.5, 0.6) is 11.5 Å². The van der Waals surface area contributed by atoms with Gasteiger partial charge >= 0.3 is 12.1 Å². The fraction of sp³-hybridized carbons (Fsp3) is 0.261. The topological polar surface area (TPSA) is 109 Å². The molecule has 176 valence electrons. The van der Waals surface area contributed by atoms with Crippen LogP contribution in [0, 0.1) is 0 Å². The quantitative estimate of drug-likeness (QED) is 0.493. The van der Waals surface area contributed by atoms with Crippen molar-refractivity contribution in [2.45, 2.75) is 32.0 Å². The minimum absolute atomic E-state index is 0.0613. The number of rotatable bonds is 6. The number of ether oxygens (including phenoxy) is 1. The zero-order valence-electron chi connectivity index (χ0n) is 17.9. The smallest absolute Gasteiger partial charge is 0.490 e. The number of aromatic nitrogens is 1.